The molecule has 2 aromatic rings. The molecule has 0 fully saturated rings. The third-order valence-electron chi connectivity index (χ3n) is 3.25. The minimum Gasteiger partial charge on any atom is -0.368 e. The van der Waals surface area contributed by atoms with E-state index in [-0.39, 0.29) is 18.1 Å². The normalized spacial score (nSPS) is 11.7. The quantitative estimate of drug-likeness (QED) is 0.857. The van der Waals surface area contributed by atoms with E-state index in [2.05, 4.69) is 5.32 Å². The molecule has 3 N–H and O–H groups in total. The van der Waals surface area contributed by atoms with E-state index in [0.29, 0.717) is 12.0 Å². The second kappa shape index (κ2) is 7.36. The maximum Gasteiger partial charge on any atom is 0.244 e. The molecule has 0 radical (unpaired) electrons. The van der Waals surface area contributed by atoms with Crippen LogP contribution in [0.5, 0.6) is 0 Å². The van der Waals surface area contributed by atoms with Crippen LogP contribution in [0.15, 0.2) is 54.6 Å². The van der Waals surface area contributed by atoms with Gasteiger partial charge in [-0.1, -0.05) is 42.5 Å². The Balaban J connectivity index is 1.96. The van der Waals surface area contributed by atoms with Crippen LogP contribution < -0.4 is 11.1 Å². The summed E-state index contributed by atoms with van der Waals surface area (Å²) < 4.78 is 13.1. The van der Waals surface area contributed by atoms with Crippen molar-refractivity contribution < 1.29 is 14.0 Å². The summed E-state index contributed by atoms with van der Waals surface area (Å²) in [5.41, 5.74) is 6.70. The lowest BCUT2D eigenvalue weighted by molar-refractivity contribution is -0.127. The Bertz CT molecular complexity index is 659. The standard InChI is InChI=1S/C17H17FN2O2/c18-14-8-4-5-12(11-14)9-10-15(21)20-16(17(19)22)13-6-2-1-3-7-13/h1-8,11,16H,9-10H2,(H2,19,22)(H,20,21). The molecule has 0 aliphatic heterocycles. The van der Waals surface area contributed by atoms with Gasteiger partial charge in [-0.05, 0) is 29.7 Å². The van der Waals surface area contributed by atoms with Crippen LogP contribution in [0, 0.1) is 5.82 Å². The molecule has 2 rings (SSSR count). The van der Waals surface area contributed by atoms with E-state index in [4.69, 9.17) is 5.73 Å². The van der Waals surface area contributed by atoms with Crippen molar-refractivity contribution in [3.8, 4) is 0 Å². The molecule has 0 aliphatic rings. The Morgan fingerprint density at radius 3 is 2.45 bits per heavy atom. The average molecular weight is 300 g/mol. The summed E-state index contributed by atoms with van der Waals surface area (Å²) in [6.45, 7) is 0. The molecule has 0 aromatic heterocycles. The fourth-order valence-electron chi connectivity index (χ4n) is 2.15. The van der Waals surface area contributed by atoms with Gasteiger partial charge in [0.05, 0.1) is 0 Å². The van der Waals surface area contributed by atoms with Crippen LogP contribution in [0.25, 0.3) is 0 Å². The summed E-state index contributed by atoms with van der Waals surface area (Å²) in [6, 6.07) is 14.0. The monoisotopic (exact) mass is 300 g/mol. The number of primary amides is 1. The lowest BCUT2D eigenvalue weighted by Gasteiger charge is -2.15. The first-order chi connectivity index (χ1) is 10.6. The second-order valence-corrected chi connectivity index (χ2v) is 4.94. The first-order valence-corrected chi connectivity index (χ1v) is 6.94. The highest BCUT2D eigenvalue weighted by Gasteiger charge is 2.19. The van der Waals surface area contributed by atoms with Gasteiger partial charge in [-0.3, -0.25) is 9.59 Å². The van der Waals surface area contributed by atoms with E-state index in [1.165, 1.54) is 12.1 Å². The van der Waals surface area contributed by atoms with Crippen molar-refractivity contribution in [1.82, 2.24) is 5.32 Å². The Morgan fingerprint density at radius 1 is 1.09 bits per heavy atom. The highest BCUT2D eigenvalue weighted by molar-refractivity contribution is 5.87. The van der Waals surface area contributed by atoms with Crippen molar-refractivity contribution in [1.29, 1.82) is 0 Å². The van der Waals surface area contributed by atoms with Crippen LogP contribution in [-0.4, -0.2) is 11.8 Å². The van der Waals surface area contributed by atoms with Gasteiger partial charge in [-0.25, -0.2) is 4.39 Å². The Hall–Kier alpha value is -2.69. The molecular formula is C17H17FN2O2. The molecule has 4 nitrogen and oxygen atoms in total. The van der Waals surface area contributed by atoms with Gasteiger partial charge in [0.1, 0.15) is 11.9 Å². The highest BCUT2D eigenvalue weighted by Crippen LogP contribution is 2.13. The first-order valence-electron chi connectivity index (χ1n) is 6.94. The third-order valence-corrected chi connectivity index (χ3v) is 3.25. The number of hydrogen-bond acceptors (Lipinski definition) is 2. The van der Waals surface area contributed by atoms with Gasteiger partial charge in [-0.15, -0.1) is 0 Å². The van der Waals surface area contributed by atoms with Gasteiger partial charge < -0.3 is 11.1 Å². The Kier molecular flexibility index (Phi) is 5.25. The van der Waals surface area contributed by atoms with Crippen molar-refractivity contribution in [2.45, 2.75) is 18.9 Å². The number of benzene rings is 2. The molecule has 1 atom stereocenters. The zero-order valence-corrected chi connectivity index (χ0v) is 12.0. The summed E-state index contributed by atoms with van der Waals surface area (Å²) in [5.74, 6) is -1.26. The summed E-state index contributed by atoms with van der Waals surface area (Å²) in [4.78, 5) is 23.5. The van der Waals surface area contributed by atoms with Crippen LogP contribution in [0.4, 0.5) is 4.39 Å². The SMILES string of the molecule is NC(=O)C(NC(=O)CCc1cccc(F)c1)c1ccccc1. The largest absolute Gasteiger partial charge is 0.368 e. The van der Waals surface area contributed by atoms with E-state index in [1.807, 2.05) is 6.07 Å². The summed E-state index contributed by atoms with van der Waals surface area (Å²) in [6.07, 6.45) is 0.546. The van der Waals surface area contributed by atoms with Crippen molar-refractivity contribution in [2.75, 3.05) is 0 Å². The van der Waals surface area contributed by atoms with Crippen LogP contribution in [0.2, 0.25) is 0 Å². The summed E-state index contributed by atoms with van der Waals surface area (Å²) >= 11 is 0. The minimum atomic E-state index is -0.860. The van der Waals surface area contributed by atoms with E-state index >= 15 is 0 Å². The van der Waals surface area contributed by atoms with Gasteiger partial charge in [0, 0.05) is 6.42 Å². The fraction of sp³-hybridized carbons (Fsp3) is 0.176. The molecule has 114 valence electrons. The van der Waals surface area contributed by atoms with Gasteiger partial charge >= 0.3 is 0 Å². The molecule has 0 saturated carbocycles. The lowest BCUT2D eigenvalue weighted by atomic mass is 10.1. The Morgan fingerprint density at radius 2 is 1.82 bits per heavy atom. The molecule has 2 amide bonds. The molecule has 0 spiro atoms. The number of nitrogens with one attached hydrogen (secondary N) is 1. The smallest absolute Gasteiger partial charge is 0.244 e. The van der Waals surface area contributed by atoms with Crippen molar-refractivity contribution in [3.63, 3.8) is 0 Å². The molecule has 0 bridgehead atoms. The molecule has 1 unspecified atom stereocenters. The zero-order valence-electron chi connectivity index (χ0n) is 12.0. The molecule has 22 heavy (non-hydrogen) atoms. The van der Waals surface area contributed by atoms with Crippen LogP contribution in [-0.2, 0) is 16.0 Å². The van der Waals surface area contributed by atoms with Crippen LogP contribution >= 0.6 is 0 Å². The van der Waals surface area contributed by atoms with Gasteiger partial charge in [0.2, 0.25) is 11.8 Å². The second-order valence-electron chi connectivity index (χ2n) is 4.94. The topological polar surface area (TPSA) is 72.2 Å². The van der Waals surface area contributed by atoms with E-state index < -0.39 is 11.9 Å². The van der Waals surface area contributed by atoms with Crippen LogP contribution in [0.3, 0.4) is 0 Å². The highest BCUT2D eigenvalue weighted by atomic mass is 19.1. The van der Waals surface area contributed by atoms with Gasteiger partial charge in [-0.2, -0.15) is 0 Å². The summed E-state index contributed by atoms with van der Waals surface area (Å²) in [5, 5.41) is 2.61. The maximum atomic E-state index is 13.1. The summed E-state index contributed by atoms with van der Waals surface area (Å²) in [7, 11) is 0. The molecule has 2 aromatic carbocycles. The predicted molar refractivity (Wildman–Crippen MR) is 81.2 cm³/mol. The third kappa shape index (κ3) is 4.41. The Labute approximate surface area is 128 Å². The molecule has 0 heterocycles. The number of hydrogen-bond donors (Lipinski definition) is 2. The van der Waals surface area contributed by atoms with Crippen molar-refractivity contribution in [3.05, 3.63) is 71.5 Å². The number of halogens is 1. The minimum absolute atomic E-state index is 0.153. The van der Waals surface area contributed by atoms with Crippen molar-refractivity contribution in [2.24, 2.45) is 5.73 Å². The molecule has 5 heteroatoms. The molecule has 0 aliphatic carbocycles. The maximum absolute atomic E-state index is 13.1. The number of carbonyl (C=O) groups excluding carboxylic acids is 2. The number of aryl methyl sites for hydroxylation is 1. The van der Waals surface area contributed by atoms with Crippen molar-refractivity contribution >= 4 is 11.8 Å². The van der Waals surface area contributed by atoms with Gasteiger partial charge in [0.25, 0.3) is 0 Å². The average Bonchev–Trinajstić information content (AvgIpc) is 2.51. The fourth-order valence-corrected chi connectivity index (χ4v) is 2.15. The van der Waals surface area contributed by atoms with Crippen LogP contribution in [0.1, 0.15) is 23.6 Å². The van der Waals surface area contributed by atoms with E-state index in [0.717, 1.165) is 5.56 Å². The van der Waals surface area contributed by atoms with Gasteiger partial charge in [0.15, 0.2) is 0 Å². The lowest BCUT2D eigenvalue weighted by Crippen LogP contribution is -2.37. The number of amides is 2. The van der Waals surface area contributed by atoms with E-state index in [9.17, 15) is 14.0 Å². The number of nitrogens with two attached hydrogens (primary N) is 1. The first kappa shape index (κ1) is 15.7. The molecular weight excluding hydrogens is 283 g/mol. The molecule has 0 saturated heterocycles. The number of carbonyl (C=O) groups is 2. The van der Waals surface area contributed by atoms with E-state index in [1.54, 1.807) is 36.4 Å². The number of rotatable bonds is 6. The zero-order chi connectivity index (χ0) is 15.9. The predicted octanol–water partition coefficient (Wildman–Crippen LogP) is 2.10.